The Morgan fingerprint density at radius 2 is 2.17 bits per heavy atom. The lowest BCUT2D eigenvalue weighted by molar-refractivity contribution is -0.150. The zero-order valence-electron chi connectivity index (χ0n) is 14.8. The van der Waals surface area contributed by atoms with Gasteiger partial charge in [-0.05, 0) is 12.5 Å². The molecule has 14 heteroatoms. The predicted octanol–water partition coefficient (Wildman–Crippen LogP) is -0.711. The van der Waals surface area contributed by atoms with E-state index in [0.717, 1.165) is 16.2 Å². The third kappa shape index (κ3) is 4.02. The van der Waals surface area contributed by atoms with E-state index in [9.17, 15) is 24.3 Å². The van der Waals surface area contributed by atoms with Gasteiger partial charge in [-0.3, -0.25) is 14.5 Å². The molecule has 2 aliphatic rings. The minimum Gasteiger partial charge on any atom is -0.479 e. The van der Waals surface area contributed by atoms with E-state index < -0.39 is 41.8 Å². The zero-order valence-corrected chi connectivity index (χ0v) is 16.5. The number of amides is 2. The Bertz CT molecular complexity index is 957. The molecule has 3 heterocycles. The molecule has 0 aliphatic carbocycles. The van der Waals surface area contributed by atoms with Crippen LogP contribution in [-0.4, -0.2) is 73.3 Å². The van der Waals surface area contributed by atoms with Crippen molar-refractivity contribution in [2.75, 3.05) is 18.1 Å². The highest BCUT2D eigenvalue weighted by Gasteiger charge is 2.54. The van der Waals surface area contributed by atoms with Crippen LogP contribution in [0.4, 0.5) is 5.13 Å². The van der Waals surface area contributed by atoms with E-state index in [4.69, 9.17) is 10.8 Å². The second-order valence-electron chi connectivity index (χ2n) is 5.97. The molecule has 12 nitrogen and oxygen atoms in total. The van der Waals surface area contributed by atoms with Crippen molar-refractivity contribution in [3.8, 4) is 0 Å². The molecule has 1 fully saturated rings. The molecular weight excluding hydrogens is 426 g/mol. The molecule has 1 saturated heterocycles. The molecule has 0 aromatic carbocycles. The highest BCUT2D eigenvalue weighted by molar-refractivity contribution is 8.00. The standard InChI is InChI=1S/C15H15N5O7S2/c1-5-3-28-13-9(12(24)20(13)10(5)14(25)26)18-11(23)8(19-27-2-7(21)22)6-4-29-15(16)17-6/h4,9,13H,2-3H2,1H3,(H2,16,17)(H,18,23)(H,21,22)(H,25,26)/b19-8+/t9-,13-/m1/s1. The quantitative estimate of drug-likeness (QED) is 0.239. The first-order chi connectivity index (χ1) is 13.7. The number of oxime groups is 1. The second kappa shape index (κ2) is 8.08. The number of hydrogen-bond donors (Lipinski definition) is 4. The molecule has 0 bridgehead atoms. The molecule has 2 atom stereocenters. The van der Waals surface area contributed by atoms with E-state index in [0.29, 0.717) is 11.3 Å². The molecule has 2 amide bonds. The molecule has 0 radical (unpaired) electrons. The Morgan fingerprint density at radius 3 is 2.76 bits per heavy atom. The van der Waals surface area contributed by atoms with E-state index in [1.165, 1.54) is 17.1 Å². The summed E-state index contributed by atoms with van der Waals surface area (Å²) < 4.78 is 0. The number of carbonyl (C=O) groups excluding carboxylic acids is 2. The average Bonchev–Trinajstić information content (AvgIpc) is 3.08. The number of nitrogens with zero attached hydrogens (tertiary/aromatic N) is 3. The van der Waals surface area contributed by atoms with Gasteiger partial charge in [0.25, 0.3) is 11.8 Å². The van der Waals surface area contributed by atoms with Gasteiger partial charge < -0.3 is 26.1 Å². The van der Waals surface area contributed by atoms with Crippen LogP contribution in [0.25, 0.3) is 0 Å². The van der Waals surface area contributed by atoms with E-state index in [1.54, 1.807) is 6.92 Å². The number of nitrogen functional groups attached to an aromatic ring is 1. The van der Waals surface area contributed by atoms with Crippen LogP contribution in [0.1, 0.15) is 12.6 Å². The van der Waals surface area contributed by atoms with Gasteiger partial charge in [-0.15, -0.1) is 23.1 Å². The van der Waals surface area contributed by atoms with E-state index >= 15 is 0 Å². The molecule has 1 aromatic rings. The van der Waals surface area contributed by atoms with Crippen molar-refractivity contribution in [1.29, 1.82) is 0 Å². The van der Waals surface area contributed by atoms with Crippen LogP contribution in [0.2, 0.25) is 0 Å². The Labute approximate surface area is 171 Å². The highest BCUT2D eigenvalue weighted by Crippen LogP contribution is 2.40. The first-order valence-electron chi connectivity index (χ1n) is 8.02. The van der Waals surface area contributed by atoms with Crippen LogP contribution in [0.5, 0.6) is 0 Å². The summed E-state index contributed by atoms with van der Waals surface area (Å²) in [6, 6.07) is -0.976. The van der Waals surface area contributed by atoms with Gasteiger partial charge in [0, 0.05) is 11.1 Å². The molecule has 0 spiro atoms. The molecule has 29 heavy (non-hydrogen) atoms. The zero-order chi connectivity index (χ0) is 21.3. The first-order valence-corrected chi connectivity index (χ1v) is 9.95. The minimum atomic E-state index is -1.29. The summed E-state index contributed by atoms with van der Waals surface area (Å²) >= 11 is 2.35. The van der Waals surface area contributed by atoms with E-state index in [2.05, 4.69) is 20.3 Å². The fraction of sp³-hybridized carbons (Fsp3) is 0.333. The van der Waals surface area contributed by atoms with Crippen LogP contribution in [0, 0.1) is 0 Å². The van der Waals surface area contributed by atoms with Crippen LogP contribution in [0.3, 0.4) is 0 Å². The number of β-lactam (4-membered cyclic amide) rings is 1. The van der Waals surface area contributed by atoms with Crippen molar-refractivity contribution in [2.45, 2.75) is 18.3 Å². The lowest BCUT2D eigenvalue weighted by atomic mass is 10.0. The Kier molecular flexibility index (Phi) is 5.74. The highest BCUT2D eigenvalue weighted by atomic mass is 32.2. The topological polar surface area (TPSA) is 185 Å². The first kappa shape index (κ1) is 20.6. The lowest BCUT2D eigenvalue weighted by Crippen LogP contribution is -2.71. The number of nitrogens with one attached hydrogen (secondary N) is 1. The van der Waals surface area contributed by atoms with E-state index in [1.807, 2.05) is 0 Å². The minimum absolute atomic E-state index is 0.0530. The van der Waals surface area contributed by atoms with Gasteiger partial charge in [-0.25, -0.2) is 14.6 Å². The van der Waals surface area contributed by atoms with E-state index in [-0.39, 0.29) is 22.2 Å². The number of aliphatic carboxylic acids is 2. The number of carboxylic acids is 2. The van der Waals surface area contributed by atoms with Gasteiger partial charge >= 0.3 is 11.9 Å². The van der Waals surface area contributed by atoms with Crippen molar-refractivity contribution < 1.29 is 34.2 Å². The average molecular weight is 441 g/mol. The van der Waals surface area contributed by atoms with Gasteiger partial charge in [0.2, 0.25) is 6.61 Å². The molecule has 2 aliphatic heterocycles. The normalized spacial score (nSPS) is 21.3. The number of nitrogens with two attached hydrogens (primary N) is 1. The maximum atomic E-state index is 12.7. The summed E-state index contributed by atoms with van der Waals surface area (Å²) in [5.74, 6) is -3.52. The third-order valence-electron chi connectivity index (χ3n) is 3.97. The monoisotopic (exact) mass is 441 g/mol. The van der Waals surface area contributed by atoms with Gasteiger partial charge in [-0.2, -0.15) is 0 Å². The summed E-state index contributed by atoms with van der Waals surface area (Å²) in [6.45, 7) is 0.847. The molecule has 0 saturated carbocycles. The summed E-state index contributed by atoms with van der Waals surface area (Å²) in [7, 11) is 0. The maximum Gasteiger partial charge on any atom is 0.352 e. The van der Waals surface area contributed by atoms with Crippen molar-refractivity contribution in [3.63, 3.8) is 0 Å². The summed E-state index contributed by atoms with van der Waals surface area (Å²) in [5.41, 5.74) is 5.73. The fourth-order valence-corrected chi connectivity index (χ4v) is 4.58. The molecule has 1 aromatic heterocycles. The van der Waals surface area contributed by atoms with Crippen molar-refractivity contribution in [1.82, 2.24) is 15.2 Å². The number of anilines is 1. The summed E-state index contributed by atoms with van der Waals surface area (Å²) in [5, 5.41) is 25.0. The molecule has 3 rings (SSSR count). The largest absolute Gasteiger partial charge is 0.479 e. The number of thiazole rings is 1. The number of carbonyl (C=O) groups is 4. The number of fused-ring (bicyclic) bond motifs is 1. The van der Waals surface area contributed by atoms with Crippen LogP contribution < -0.4 is 11.1 Å². The number of hydrogen-bond acceptors (Lipinski definition) is 10. The molecular formula is C15H15N5O7S2. The van der Waals surface area contributed by atoms with Gasteiger partial charge in [0.1, 0.15) is 22.8 Å². The summed E-state index contributed by atoms with van der Waals surface area (Å²) in [6.07, 6.45) is 0. The number of thioether (sulfide) groups is 1. The predicted molar refractivity (Wildman–Crippen MR) is 102 cm³/mol. The molecule has 5 N–H and O–H groups in total. The number of aromatic nitrogens is 1. The molecule has 154 valence electrons. The Hall–Kier alpha value is -3.13. The maximum absolute atomic E-state index is 12.7. The second-order valence-corrected chi connectivity index (χ2v) is 7.97. The van der Waals surface area contributed by atoms with Crippen molar-refractivity contribution in [3.05, 3.63) is 22.3 Å². The van der Waals surface area contributed by atoms with Crippen molar-refractivity contribution >= 4 is 57.7 Å². The van der Waals surface area contributed by atoms with Crippen molar-refractivity contribution in [2.24, 2.45) is 5.16 Å². The molecule has 0 unspecified atom stereocenters. The third-order valence-corrected chi connectivity index (χ3v) is 6.07. The van der Waals surface area contributed by atoms with Gasteiger partial charge in [0.05, 0.1) is 0 Å². The SMILES string of the molecule is CC1=C(C(=O)O)N2C(=O)[C@@H](NC(=O)/C(=N/OCC(=O)O)c3csc(N)n3)[C@H]2SC1. The smallest absolute Gasteiger partial charge is 0.352 e. The fourth-order valence-electron chi connectivity index (χ4n) is 2.74. The van der Waals surface area contributed by atoms with Crippen LogP contribution in [-0.2, 0) is 24.0 Å². The Balaban J connectivity index is 1.78. The number of rotatable bonds is 7. The van der Waals surface area contributed by atoms with Gasteiger partial charge in [0.15, 0.2) is 10.8 Å². The van der Waals surface area contributed by atoms with Gasteiger partial charge in [-0.1, -0.05) is 5.16 Å². The summed E-state index contributed by atoms with van der Waals surface area (Å²) in [4.78, 5) is 56.9. The number of carboxylic acid groups (broad SMARTS) is 2. The lowest BCUT2D eigenvalue weighted by Gasteiger charge is -2.49. The van der Waals surface area contributed by atoms with Crippen LogP contribution >= 0.6 is 23.1 Å². The Morgan fingerprint density at radius 1 is 1.45 bits per heavy atom. The van der Waals surface area contributed by atoms with Crippen LogP contribution in [0.15, 0.2) is 21.8 Å².